The molecular weight excluding hydrogens is 425 g/mol. The van der Waals surface area contributed by atoms with E-state index in [1.54, 1.807) is 29.1 Å². The molecule has 7 nitrogen and oxygen atoms in total. The molecule has 2 aromatic carbocycles. The number of aromatic nitrogens is 2. The summed E-state index contributed by atoms with van der Waals surface area (Å²) in [6.07, 6.45) is 2.47. The van der Waals surface area contributed by atoms with E-state index in [0.717, 1.165) is 10.9 Å². The molecule has 0 saturated carbocycles. The number of rotatable bonds is 7. The van der Waals surface area contributed by atoms with Gasteiger partial charge in [-0.1, -0.05) is 24.3 Å². The Labute approximate surface area is 188 Å². The third-order valence-corrected chi connectivity index (χ3v) is 5.84. The maximum Gasteiger partial charge on any atom is 0.259 e. The predicted octanol–water partition coefficient (Wildman–Crippen LogP) is 3.23. The molecule has 1 atom stereocenters. The summed E-state index contributed by atoms with van der Waals surface area (Å²) in [5.74, 6) is -1.63. The lowest BCUT2D eigenvalue weighted by Crippen LogP contribution is -2.22. The van der Waals surface area contributed by atoms with Gasteiger partial charge >= 0.3 is 0 Å². The van der Waals surface area contributed by atoms with Gasteiger partial charge in [-0.3, -0.25) is 14.9 Å². The second kappa shape index (κ2) is 8.31. The highest BCUT2D eigenvalue weighted by Crippen LogP contribution is 2.39. The zero-order chi connectivity index (χ0) is 23.1. The van der Waals surface area contributed by atoms with Gasteiger partial charge in [-0.15, -0.1) is 0 Å². The topological polar surface area (TPSA) is 96.3 Å². The molecule has 3 N–H and O–H groups in total. The first-order chi connectivity index (χ1) is 16.0. The quantitative estimate of drug-likeness (QED) is 0.379. The van der Waals surface area contributed by atoms with Crippen molar-refractivity contribution in [3.63, 3.8) is 0 Å². The van der Waals surface area contributed by atoms with E-state index in [9.17, 15) is 14.7 Å². The monoisotopic (exact) mass is 447 g/mol. The number of nitrogens with one attached hydrogen (secondary N) is 2. The molecule has 5 rings (SSSR count). The summed E-state index contributed by atoms with van der Waals surface area (Å²) in [6.45, 7) is 2.57. The van der Waals surface area contributed by atoms with Crippen LogP contribution in [0.25, 0.3) is 33.0 Å². The fourth-order valence-electron chi connectivity index (χ4n) is 4.43. The Bertz CT molecular complexity index is 1430. The van der Waals surface area contributed by atoms with E-state index < -0.39 is 23.7 Å². The summed E-state index contributed by atoms with van der Waals surface area (Å²) < 4.78 is 22.0. The maximum atomic E-state index is 15.1. The molecule has 168 valence electrons. The minimum absolute atomic E-state index is 0.109. The molecule has 2 amide bonds. The van der Waals surface area contributed by atoms with E-state index in [1.807, 2.05) is 31.2 Å². The van der Waals surface area contributed by atoms with Crippen molar-refractivity contribution in [3.8, 4) is 0 Å². The maximum absolute atomic E-state index is 15.1. The van der Waals surface area contributed by atoms with E-state index in [1.165, 1.54) is 6.07 Å². The van der Waals surface area contributed by atoms with Crippen molar-refractivity contribution >= 4 is 44.8 Å². The van der Waals surface area contributed by atoms with E-state index >= 15 is 4.39 Å². The van der Waals surface area contributed by atoms with Gasteiger partial charge in [0, 0.05) is 46.4 Å². The van der Waals surface area contributed by atoms with Crippen LogP contribution in [0.1, 0.15) is 18.1 Å². The average molecular weight is 447 g/mol. The second-order valence-electron chi connectivity index (χ2n) is 7.92. The third-order valence-electron chi connectivity index (χ3n) is 5.84. The van der Waals surface area contributed by atoms with Crippen molar-refractivity contribution in [2.24, 2.45) is 0 Å². The standard InChI is InChI=1S/C25H22FN3O4/c1-2-33-13-14(30)11-29-12-17(21-18(26)7-5-9-20(21)29)23-22(24(31)28-25(23)32)16-10-27-19-8-4-3-6-15(16)19/h3-10,12,14,27,30H,2,11,13H2,1H3,(H,28,31,32). The van der Waals surface area contributed by atoms with Crippen molar-refractivity contribution in [2.45, 2.75) is 19.6 Å². The fraction of sp³-hybridized carbons (Fsp3) is 0.200. The first-order valence-electron chi connectivity index (χ1n) is 10.7. The Kier molecular flexibility index (Phi) is 5.32. The molecule has 0 saturated heterocycles. The molecule has 2 aromatic heterocycles. The number of hydrogen-bond donors (Lipinski definition) is 3. The fourth-order valence-corrected chi connectivity index (χ4v) is 4.43. The average Bonchev–Trinajstić information content (AvgIpc) is 3.46. The van der Waals surface area contributed by atoms with Crippen molar-refractivity contribution in [2.75, 3.05) is 13.2 Å². The Morgan fingerprint density at radius 3 is 2.61 bits per heavy atom. The largest absolute Gasteiger partial charge is 0.389 e. The molecule has 8 heteroatoms. The molecule has 0 bridgehead atoms. The molecule has 1 aliphatic rings. The Morgan fingerprint density at radius 1 is 1.06 bits per heavy atom. The number of ether oxygens (including phenoxy) is 1. The number of para-hydroxylation sites is 1. The SMILES string of the molecule is CCOCC(O)Cn1cc(C2=C(c3c[nH]c4ccccc34)C(=O)NC2=O)c2c(F)cccc21. The highest BCUT2D eigenvalue weighted by Gasteiger charge is 2.35. The van der Waals surface area contributed by atoms with Gasteiger partial charge in [-0.05, 0) is 25.1 Å². The van der Waals surface area contributed by atoms with Gasteiger partial charge < -0.3 is 19.4 Å². The van der Waals surface area contributed by atoms with E-state index in [2.05, 4.69) is 10.3 Å². The van der Waals surface area contributed by atoms with Gasteiger partial charge in [0.2, 0.25) is 0 Å². The Morgan fingerprint density at radius 2 is 1.82 bits per heavy atom. The Balaban J connectivity index is 1.73. The van der Waals surface area contributed by atoms with Gasteiger partial charge in [0.1, 0.15) is 5.82 Å². The molecule has 1 aliphatic heterocycles. The molecule has 4 aromatic rings. The molecule has 0 aliphatic carbocycles. The van der Waals surface area contributed by atoms with Crippen LogP contribution in [0.5, 0.6) is 0 Å². The van der Waals surface area contributed by atoms with Crippen LogP contribution in [0.15, 0.2) is 54.9 Å². The molecule has 3 heterocycles. The number of aliphatic hydroxyl groups excluding tert-OH is 1. The van der Waals surface area contributed by atoms with Crippen LogP contribution in [0.4, 0.5) is 4.39 Å². The molecule has 0 radical (unpaired) electrons. The van der Waals surface area contributed by atoms with Crippen molar-refractivity contribution in [1.82, 2.24) is 14.9 Å². The number of imide groups is 1. The van der Waals surface area contributed by atoms with E-state index in [-0.39, 0.29) is 29.7 Å². The summed E-state index contributed by atoms with van der Waals surface area (Å²) in [5, 5.41) is 13.7. The minimum Gasteiger partial charge on any atom is -0.389 e. The number of nitrogens with zero attached hydrogens (tertiary/aromatic N) is 1. The molecule has 33 heavy (non-hydrogen) atoms. The highest BCUT2D eigenvalue weighted by atomic mass is 19.1. The minimum atomic E-state index is -0.822. The van der Waals surface area contributed by atoms with Crippen LogP contribution in [0.3, 0.4) is 0 Å². The van der Waals surface area contributed by atoms with E-state index in [0.29, 0.717) is 23.3 Å². The Hall–Kier alpha value is -3.75. The normalized spacial score (nSPS) is 15.1. The number of amides is 2. The lowest BCUT2D eigenvalue weighted by Gasteiger charge is -2.12. The number of H-pyrrole nitrogens is 1. The van der Waals surface area contributed by atoms with Crippen LogP contribution in [0, 0.1) is 5.82 Å². The van der Waals surface area contributed by atoms with E-state index in [4.69, 9.17) is 4.74 Å². The van der Waals surface area contributed by atoms with Gasteiger partial charge in [-0.2, -0.15) is 0 Å². The first kappa shape index (κ1) is 21.1. The summed E-state index contributed by atoms with van der Waals surface area (Å²) >= 11 is 0. The summed E-state index contributed by atoms with van der Waals surface area (Å²) in [5.41, 5.74) is 2.50. The molecule has 1 unspecified atom stereocenters. The first-order valence-corrected chi connectivity index (χ1v) is 10.7. The number of aromatic amines is 1. The summed E-state index contributed by atoms with van der Waals surface area (Å²) in [6, 6.07) is 12.0. The summed E-state index contributed by atoms with van der Waals surface area (Å²) in [7, 11) is 0. The zero-order valence-corrected chi connectivity index (χ0v) is 17.9. The third kappa shape index (κ3) is 3.53. The number of carbonyl (C=O) groups is 2. The van der Waals surface area contributed by atoms with Gasteiger partial charge in [0.25, 0.3) is 11.8 Å². The van der Waals surface area contributed by atoms with Crippen molar-refractivity contribution in [1.29, 1.82) is 0 Å². The predicted molar refractivity (Wildman–Crippen MR) is 123 cm³/mol. The lowest BCUT2D eigenvalue weighted by atomic mass is 9.95. The molecular formula is C25H22FN3O4. The van der Waals surface area contributed by atoms with Crippen molar-refractivity contribution in [3.05, 3.63) is 71.8 Å². The van der Waals surface area contributed by atoms with Crippen LogP contribution in [-0.4, -0.2) is 45.8 Å². The zero-order valence-electron chi connectivity index (χ0n) is 17.9. The highest BCUT2D eigenvalue weighted by molar-refractivity contribution is 6.50. The van der Waals surface area contributed by atoms with Crippen LogP contribution >= 0.6 is 0 Å². The molecule has 0 spiro atoms. The number of halogens is 1. The van der Waals surface area contributed by atoms with Crippen LogP contribution in [0.2, 0.25) is 0 Å². The van der Waals surface area contributed by atoms with Gasteiger partial charge in [0.15, 0.2) is 0 Å². The van der Waals surface area contributed by atoms with Gasteiger partial charge in [-0.25, -0.2) is 4.39 Å². The van der Waals surface area contributed by atoms with Crippen molar-refractivity contribution < 1.29 is 23.8 Å². The second-order valence-corrected chi connectivity index (χ2v) is 7.92. The number of benzene rings is 2. The number of carbonyl (C=O) groups excluding carboxylic acids is 2. The number of fused-ring (bicyclic) bond motifs is 2. The molecule has 0 fully saturated rings. The number of hydrogen-bond acceptors (Lipinski definition) is 4. The van der Waals surface area contributed by atoms with Crippen LogP contribution in [-0.2, 0) is 20.9 Å². The van der Waals surface area contributed by atoms with Gasteiger partial charge in [0.05, 0.1) is 35.9 Å². The smallest absolute Gasteiger partial charge is 0.259 e. The van der Waals surface area contributed by atoms with Crippen LogP contribution < -0.4 is 5.32 Å². The number of aliphatic hydroxyl groups is 1. The summed E-state index contributed by atoms with van der Waals surface area (Å²) in [4.78, 5) is 28.9. The lowest BCUT2D eigenvalue weighted by molar-refractivity contribution is -0.122.